The van der Waals surface area contributed by atoms with Gasteiger partial charge < -0.3 is 14.8 Å². The first-order valence-electron chi connectivity index (χ1n) is 9.65. The summed E-state index contributed by atoms with van der Waals surface area (Å²) in [6, 6.07) is 13.7. The Hall–Kier alpha value is -2.12. The van der Waals surface area contributed by atoms with E-state index in [0.717, 1.165) is 0 Å². The number of rotatable bonds is 5. The molecule has 2 fully saturated rings. The van der Waals surface area contributed by atoms with Crippen LogP contribution in [0.3, 0.4) is 0 Å². The van der Waals surface area contributed by atoms with Gasteiger partial charge in [0.05, 0.1) is 19.1 Å². The Balaban J connectivity index is 1.99. The molecule has 8 heteroatoms. The van der Waals surface area contributed by atoms with E-state index in [4.69, 9.17) is 32.7 Å². The number of methoxy groups -OCH3 is 1. The number of carbonyl (C=O) groups is 2. The molecule has 4 rings (SSSR count). The first-order chi connectivity index (χ1) is 14.3. The Bertz CT molecular complexity index is 982. The molecule has 2 aliphatic heterocycles. The summed E-state index contributed by atoms with van der Waals surface area (Å²) < 4.78 is 11.2. The van der Waals surface area contributed by atoms with Crippen molar-refractivity contribution in [1.29, 1.82) is 0 Å². The highest BCUT2D eigenvalue weighted by Gasteiger charge is 2.82. The summed E-state index contributed by atoms with van der Waals surface area (Å²) in [5, 5.41) is 3.76. The fourth-order valence-corrected chi connectivity index (χ4v) is 5.42. The maximum atomic E-state index is 13.4. The lowest BCUT2D eigenvalue weighted by Gasteiger charge is -2.41. The Morgan fingerprint density at radius 3 is 2.33 bits per heavy atom. The van der Waals surface area contributed by atoms with Crippen LogP contribution in [-0.2, 0) is 19.1 Å². The van der Waals surface area contributed by atoms with E-state index in [1.165, 1.54) is 7.11 Å². The molecule has 0 radical (unpaired) electrons. The van der Waals surface area contributed by atoms with Crippen molar-refractivity contribution >= 4 is 35.1 Å². The van der Waals surface area contributed by atoms with Crippen molar-refractivity contribution in [3.05, 3.63) is 69.7 Å². The molecule has 2 aromatic rings. The number of amides is 1. The van der Waals surface area contributed by atoms with Crippen LogP contribution in [0.4, 0.5) is 0 Å². The molecule has 0 aliphatic carbocycles. The second kappa shape index (κ2) is 7.54. The molecule has 2 aromatic carbocycles. The van der Waals surface area contributed by atoms with E-state index < -0.39 is 29.3 Å². The van der Waals surface area contributed by atoms with Crippen molar-refractivity contribution < 1.29 is 19.1 Å². The van der Waals surface area contributed by atoms with Crippen LogP contribution in [0.5, 0.6) is 0 Å². The van der Waals surface area contributed by atoms with Crippen LogP contribution in [0.25, 0.3) is 0 Å². The van der Waals surface area contributed by atoms with Gasteiger partial charge in [0.15, 0.2) is 11.4 Å². The van der Waals surface area contributed by atoms with Crippen LogP contribution in [0.15, 0.2) is 48.5 Å². The van der Waals surface area contributed by atoms with E-state index >= 15 is 0 Å². The van der Waals surface area contributed by atoms with Crippen molar-refractivity contribution in [3.8, 4) is 0 Å². The lowest BCUT2D eigenvalue weighted by atomic mass is 9.79. The second-order valence-corrected chi connectivity index (χ2v) is 8.29. The molecular weight excluding hydrogens is 427 g/mol. The highest BCUT2D eigenvalue weighted by molar-refractivity contribution is 6.36. The number of fused-ring (bicyclic) bond motifs is 1. The first kappa shape index (κ1) is 21.1. The number of benzene rings is 2. The van der Waals surface area contributed by atoms with Crippen molar-refractivity contribution in [3.63, 3.8) is 0 Å². The molecule has 2 saturated heterocycles. The Labute approximate surface area is 185 Å². The van der Waals surface area contributed by atoms with Gasteiger partial charge in [0.2, 0.25) is 5.91 Å². The third kappa shape index (κ3) is 2.86. The lowest BCUT2D eigenvalue weighted by molar-refractivity contribution is -0.178. The third-order valence-electron chi connectivity index (χ3n) is 5.87. The monoisotopic (exact) mass is 448 g/mol. The van der Waals surface area contributed by atoms with E-state index in [1.807, 2.05) is 42.2 Å². The van der Waals surface area contributed by atoms with E-state index in [0.29, 0.717) is 27.8 Å². The van der Waals surface area contributed by atoms with Crippen LogP contribution in [0.2, 0.25) is 10.0 Å². The van der Waals surface area contributed by atoms with Gasteiger partial charge in [0.1, 0.15) is 0 Å². The van der Waals surface area contributed by atoms with E-state index in [-0.39, 0.29) is 5.91 Å². The zero-order valence-corrected chi connectivity index (χ0v) is 18.3. The molecule has 1 unspecified atom stereocenters. The zero-order chi connectivity index (χ0) is 21.7. The number of hydrogen-bond acceptors (Lipinski definition) is 5. The number of nitrogens with one attached hydrogen (secondary N) is 1. The number of ether oxygens (including phenoxy) is 2. The first-order valence-corrected chi connectivity index (χ1v) is 10.4. The molecule has 2 aliphatic rings. The quantitative estimate of drug-likeness (QED) is 0.554. The van der Waals surface area contributed by atoms with Gasteiger partial charge in [-0.15, -0.1) is 0 Å². The number of esters is 1. The zero-order valence-electron chi connectivity index (χ0n) is 16.8. The van der Waals surface area contributed by atoms with Crippen LogP contribution in [0, 0.1) is 0 Å². The highest BCUT2D eigenvalue weighted by atomic mass is 35.5. The molecule has 0 aromatic heterocycles. The molecule has 158 valence electrons. The Morgan fingerprint density at radius 2 is 1.77 bits per heavy atom. The summed E-state index contributed by atoms with van der Waals surface area (Å²) in [6.07, 6.45) is 0. The molecule has 30 heavy (non-hydrogen) atoms. The third-order valence-corrected chi connectivity index (χ3v) is 6.53. The maximum absolute atomic E-state index is 13.4. The van der Waals surface area contributed by atoms with Crippen LogP contribution in [-0.4, -0.2) is 41.9 Å². The summed E-state index contributed by atoms with van der Waals surface area (Å²) >= 11 is 13.1. The van der Waals surface area contributed by atoms with E-state index in [1.54, 1.807) is 25.1 Å². The molecule has 1 amide bonds. The Morgan fingerprint density at radius 1 is 1.13 bits per heavy atom. The van der Waals surface area contributed by atoms with E-state index in [9.17, 15) is 9.59 Å². The molecule has 0 bridgehead atoms. The minimum atomic E-state index is -1.35. The average molecular weight is 449 g/mol. The lowest BCUT2D eigenvalue weighted by Crippen LogP contribution is -2.65. The largest absolute Gasteiger partial charge is 0.468 e. The smallest absolute Gasteiger partial charge is 0.329 e. The van der Waals surface area contributed by atoms with Crippen molar-refractivity contribution in [1.82, 2.24) is 10.2 Å². The molecule has 2 heterocycles. The molecule has 5 atom stereocenters. The minimum Gasteiger partial charge on any atom is -0.468 e. The SMILES string of the molecule is CCO[C@]1(C)NC(=O)[C@H](c2ccccc2)[C@]2(C(=O)OC)[C@@H](c3c(Cl)cccc3Cl)N21. The molecule has 6 nitrogen and oxygen atoms in total. The summed E-state index contributed by atoms with van der Waals surface area (Å²) in [7, 11) is 1.31. The standard InChI is InChI=1S/C22H22Cl2N2O4/c1-4-30-21(2)25-19(27)17(13-9-6-5-7-10-13)22(20(28)29-3)18(26(21)22)16-14(23)11-8-12-15(16)24/h5-12,17-18H,4H2,1-3H3,(H,25,27)/t17-,18+,21+,22+,26?/m0/s1. The van der Waals surface area contributed by atoms with E-state index in [2.05, 4.69) is 5.32 Å². The van der Waals surface area contributed by atoms with Gasteiger partial charge in [-0.25, -0.2) is 9.69 Å². The van der Waals surface area contributed by atoms with Gasteiger partial charge in [-0.05, 0) is 31.5 Å². The summed E-state index contributed by atoms with van der Waals surface area (Å²) in [6.45, 7) is 3.86. The van der Waals surface area contributed by atoms with Crippen molar-refractivity contribution in [2.45, 2.75) is 37.2 Å². The fraction of sp³-hybridized carbons (Fsp3) is 0.364. The average Bonchev–Trinajstić information content (AvgIpc) is 3.39. The predicted octanol–water partition coefficient (Wildman–Crippen LogP) is 3.89. The molecule has 0 saturated carbocycles. The van der Waals surface area contributed by atoms with Crippen molar-refractivity contribution in [2.24, 2.45) is 0 Å². The number of carbonyl (C=O) groups excluding carboxylic acids is 2. The maximum Gasteiger partial charge on any atom is 0.329 e. The number of halogens is 2. The van der Waals surface area contributed by atoms with Crippen LogP contribution < -0.4 is 5.32 Å². The van der Waals surface area contributed by atoms with Gasteiger partial charge in [-0.1, -0.05) is 59.6 Å². The topological polar surface area (TPSA) is 67.6 Å². The Kier molecular flexibility index (Phi) is 5.31. The van der Waals surface area contributed by atoms with Gasteiger partial charge >= 0.3 is 5.97 Å². The summed E-state index contributed by atoms with van der Waals surface area (Å²) in [4.78, 5) is 28.6. The van der Waals surface area contributed by atoms with Gasteiger partial charge in [0.25, 0.3) is 0 Å². The molecule has 0 spiro atoms. The van der Waals surface area contributed by atoms with Gasteiger partial charge in [-0.3, -0.25) is 4.79 Å². The van der Waals surface area contributed by atoms with Gasteiger partial charge in [0, 0.05) is 22.2 Å². The number of hydrogen-bond donors (Lipinski definition) is 1. The molecular formula is C22H22Cl2N2O4. The second-order valence-electron chi connectivity index (χ2n) is 7.47. The van der Waals surface area contributed by atoms with Gasteiger partial charge in [-0.2, -0.15) is 0 Å². The van der Waals surface area contributed by atoms with Crippen LogP contribution in [0.1, 0.15) is 36.9 Å². The summed E-state index contributed by atoms with van der Waals surface area (Å²) in [5.41, 5.74) is -0.0963. The fourth-order valence-electron chi connectivity index (χ4n) is 4.81. The van der Waals surface area contributed by atoms with Crippen molar-refractivity contribution in [2.75, 3.05) is 13.7 Å². The minimum absolute atomic E-state index is 0.323. The number of nitrogens with zero attached hydrogens (tertiary/aromatic N) is 1. The normalized spacial score (nSPS) is 32.2. The summed E-state index contributed by atoms with van der Waals surface area (Å²) in [5.74, 6) is -2.95. The highest BCUT2D eigenvalue weighted by Crippen LogP contribution is 2.67. The molecule has 1 N–H and O–H groups in total. The predicted molar refractivity (Wildman–Crippen MR) is 113 cm³/mol. The van der Waals surface area contributed by atoms with Crippen LogP contribution >= 0.6 is 23.2 Å².